The molecule has 3 aromatic carbocycles. The Kier molecular flexibility index (Phi) is 5.21. The van der Waals surface area contributed by atoms with Crippen molar-refractivity contribution in [1.82, 2.24) is 9.97 Å². The highest BCUT2D eigenvalue weighted by Crippen LogP contribution is 2.22. The number of para-hydroxylation sites is 2. The Morgan fingerprint density at radius 3 is 2.21 bits per heavy atom. The summed E-state index contributed by atoms with van der Waals surface area (Å²) in [6.45, 7) is 2.61. The van der Waals surface area contributed by atoms with Gasteiger partial charge in [0.25, 0.3) is 0 Å². The monoisotopic (exact) mass is 388 g/mol. The van der Waals surface area contributed by atoms with Crippen molar-refractivity contribution >= 4 is 39.7 Å². The van der Waals surface area contributed by atoms with Gasteiger partial charge < -0.3 is 20.4 Å². The minimum atomic E-state index is 0.528. The fourth-order valence-electron chi connectivity index (χ4n) is 2.90. The van der Waals surface area contributed by atoms with Gasteiger partial charge in [0.2, 0.25) is 0 Å². The second-order valence-electron chi connectivity index (χ2n) is 6.22. The third-order valence-corrected chi connectivity index (χ3v) is 4.43. The Bertz CT molecular complexity index is 1050. The first kappa shape index (κ1) is 18.0. The highest BCUT2D eigenvalue weighted by molar-refractivity contribution is 7.80. The molecule has 0 spiro atoms. The van der Waals surface area contributed by atoms with Crippen molar-refractivity contribution in [2.45, 2.75) is 6.92 Å². The Morgan fingerprint density at radius 2 is 1.57 bits per heavy atom. The van der Waals surface area contributed by atoms with E-state index in [1.165, 1.54) is 0 Å². The molecule has 0 amide bonds. The lowest BCUT2D eigenvalue weighted by Gasteiger charge is -2.11. The first-order valence-corrected chi connectivity index (χ1v) is 9.48. The quantitative estimate of drug-likeness (QED) is 0.398. The number of imidazole rings is 1. The lowest BCUT2D eigenvalue weighted by atomic mass is 10.2. The highest BCUT2D eigenvalue weighted by atomic mass is 32.1. The molecule has 0 atom stereocenters. The molecule has 28 heavy (non-hydrogen) atoms. The van der Waals surface area contributed by atoms with Crippen LogP contribution in [0.3, 0.4) is 0 Å². The van der Waals surface area contributed by atoms with Crippen molar-refractivity contribution in [3.8, 4) is 17.1 Å². The molecule has 0 radical (unpaired) electrons. The predicted molar refractivity (Wildman–Crippen MR) is 119 cm³/mol. The number of anilines is 2. The van der Waals surface area contributed by atoms with Crippen LogP contribution < -0.4 is 15.4 Å². The number of H-pyrrole nitrogens is 1. The molecule has 0 aliphatic carbocycles. The van der Waals surface area contributed by atoms with Gasteiger partial charge in [0, 0.05) is 16.9 Å². The highest BCUT2D eigenvalue weighted by Gasteiger charge is 2.05. The number of nitrogens with one attached hydrogen (secondary N) is 3. The number of rotatable bonds is 5. The first-order chi connectivity index (χ1) is 13.7. The van der Waals surface area contributed by atoms with Crippen molar-refractivity contribution in [3.05, 3.63) is 72.8 Å². The number of benzene rings is 3. The fourth-order valence-corrected chi connectivity index (χ4v) is 3.13. The van der Waals surface area contributed by atoms with Crippen LogP contribution in [0, 0.1) is 0 Å². The smallest absolute Gasteiger partial charge is 0.175 e. The molecule has 1 aromatic heterocycles. The summed E-state index contributed by atoms with van der Waals surface area (Å²) in [6.07, 6.45) is 0. The van der Waals surface area contributed by atoms with Gasteiger partial charge in [-0.3, -0.25) is 0 Å². The predicted octanol–water partition coefficient (Wildman–Crippen LogP) is 5.44. The maximum Gasteiger partial charge on any atom is 0.175 e. The van der Waals surface area contributed by atoms with Crippen molar-refractivity contribution < 1.29 is 4.74 Å². The number of ether oxygens (including phenoxy) is 1. The second-order valence-corrected chi connectivity index (χ2v) is 6.62. The zero-order valence-electron chi connectivity index (χ0n) is 15.4. The van der Waals surface area contributed by atoms with Crippen LogP contribution in [0.2, 0.25) is 0 Å². The number of fused-ring (bicyclic) bond motifs is 1. The zero-order valence-corrected chi connectivity index (χ0v) is 16.2. The number of hydrogen-bond donors (Lipinski definition) is 3. The lowest BCUT2D eigenvalue weighted by molar-refractivity contribution is 0.340. The minimum Gasteiger partial charge on any atom is -0.494 e. The van der Waals surface area contributed by atoms with Gasteiger partial charge in [0.15, 0.2) is 5.11 Å². The topological polar surface area (TPSA) is 62.0 Å². The summed E-state index contributed by atoms with van der Waals surface area (Å²) in [7, 11) is 0. The summed E-state index contributed by atoms with van der Waals surface area (Å²) >= 11 is 5.40. The molecule has 5 nitrogen and oxygen atoms in total. The molecule has 0 unspecified atom stereocenters. The maximum atomic E-state index is 5.44. The molecule has 0 bridgehead atoms. The number of thiocarbonyl (C=S) groups is 1. The largest absolute Gasteiger partial charge is 0.494 e. The molecule has 0 aliphatic rings. The molecule has 0 aliphatic heterocycles. The van der Waals surface area contributed by atoms with Crippen LogP contribution in [0.4, 0.5) is 11.4 Å². The molecular formula is C22H20N4OS. The normalized spacial score (nSPS) is 10.6. The van der Waals surface area contributed by atoms with Gasteiger partial charge in [0.05, 0.1) is 17.6 Å². The number of hydrogen-bond acceptors (Lipinski definition) is 3. The zero-order chi connectivity index (χ0) is 19.3. The molecule has 0 fully saturated rings. The molecule has 140 valence electrons. The second kappa shape index (κ2) is 8.10. The van der Waals surface area contributed by atoms with Gasteiger partial charge in [-0.2, -0.15) is 0 Å². The van der Waals surface area contributed by atoms with E-state index < -0.39 is 0 Å². The Balaban J connectivity index is 1.40. The van der Waals surface area contributed by atoms with E-state index in [-0.39, 0.29) is 0 Å². The van der Waals surface area contributed by atoms with Crippen LogP contribution in [-0.2, 0) is 0 Å². The summed E-state index contributed by atoms with van der Waals surface area (Å²) in [5, 5.41) is 6.89. The van der Waals surface area contributed by atoms with E-state index in [0.29, 0.717) is 11.7 Å². The first-order valence-electron chi connectivity index (χ1n) is 9.07. The van der Waals surface area contributed by atoms with Gasteiger partial charge in [-0.05, 0) is 79.8 Å². The summed E-state index contributed by atoms with van der Waals surface area (Å²) in [6, 6.07) is 23.7. The third kappa shape index (κ3) is 4.13. The average molecular weight is 388 g/mol. The van der Waals surface area contributed by atoms with Crippen LogP contribution in [0.15, 0.2) is 72.8 Å². The fraction of sp³-hybridized carbons (Fsp3) is 0.0909. The molecule has 0 saturated heterocycles. The van der Waals surface area contributed by atoms with E-state index in [1.54, 1.807) is 0 Å². The summed E-state index contributed by atoms with van der Waals surface area (Å²) in [5.74, 6) is 1.69. The number of nitrogens with zero attached hydrogens (tertiary/aromatic N) is 1. The van der Waals surface area contributed by atoms with Crippen LogP contribution in [0.1, 0.15) is 6.92 Å². The average Bonchev–Trinajstić information content (AvgIpc) is 3.14. The van der Waals surface area contributed by atoms with E-state index in [1.807, 2.05) is 79.7 Å². The van der Waals surface area contributed by atoms with Gasteiger partial charge in [-0.25, -0.2) is 4.98 Å². The summed E-state index contributed by atoms with van der Waals surface area (Å²) in [4.78, 5) is 7.96. The van der Waals surface area contributed by atoms with E-state index in [0.717, 1.165) is 39.5 Å². The van der Waals surface area contributed by atoms with Gasteiger partial charge in [0.1, 0.15) is 11.6 Å². The van der Waals surface area contributed by atoms with Gasteiger partial charge >= 0.3 is 0 Å². The van der Waals surface area contributed by atoms with Gasteiger partial charge in [-0.1, -0.05) is 12.1 Å². The molecular weight excluding hydrogens is 368 g/mol. The molecule has 6 heteroatoms. The SMILES string of the molecule is CCOc1ccc(NC(=S)Nc2ccc(-c3nc4ccccc4[nH]3)cc2)cc1. The number of aromatic nitrogens is 2. The third-order valence-electron chi connectivity index (χ3n) is 4.23. The summed E-state index contributed by atoms with van der Waals surface area (Å²) < 4.78 is 5.44. The Hall–Kier alpha value is -3.38. The van der Waals surface area contributed by atoms with Crippen LogP contribution >= 0.6 is 12.2 Å². The van der Waals surface area contributed by atoms with Gasteiger partial charge in [-0.15, -0.1) is 0 Å². The minimum absolute atomic E-state index is 0.528. The van der Waals surface area contributed by atoms with Crippen LogP contribution in [0.5, 0.6) is 5.75 Å². The molecule has 0 saturated carbocycles. The van der Waals surface area contributed by atoms with Crippen molar-refractivity contribution in [3.63, 3.8) is 0 Å². The molecule has 4 rings (SSSR count). The van der Waals surface area contributed by atoms with Crippen molar-refractivity contribution in [1.29, 1.82) is 0 Å². The van der Waals surface area contributed by atoms with Crippen LogP contribution in [-0.4, -0.2) is 21.7 Å². The number of aromatic amines is 1. The Morgan fingerprint density at radius 1 is 0.929 bits per heavy atom. The van der Waals surface area contributed by atoms with E-state index in [2.05, 4.69) is 20.6 Å². The van der Waals surface area contributed by atoms with Crippen molar-refractivity contribution in [2.75, 3.05) is 17.2 Å². The molecule has 4 aromatic rings. The lowest BCUT2D eigenvalue weighted by Crippen LogP contribution is -2.18. The maximum absolute atomic E-state index is 5.44. The Labute approximate surface area is 168 Å². The van der Waals surface area contributed by atoms with E-state index in [4.69, 9.17) is 17.0 Å². The van der Waals surface area contributed by atoms with Crippen LogP contribution in [0.25, 0.3) is 22.4 Å². The van der Waals surface area contributed by atoms with Crippen molar-refractivity contribution in [2.24, 2.45) is 0 Å². The molecule has 1 heterocycles. The summed E-state index contributed by atoms with van der Waals surface area (Å²) in [5.41, 5.74) is 4.82. The van der Waals surface area contributed by atoms with E-state index in [9.17, 15) is 0 Å². The van der Waals surface area contributed by atoms with E-state index >= 15 is 0 Å². The standard InChI is InChI=1S/C22H20N4OS/c1-2-27-18-13-11-17(12-14-18)24-22(28)23-16-9-7-15(8-10-16)21-25-19-5-3-4-6-20(19)26-21/h3-14H,2H2,1H3,(H,25,26)(H2,23,24,28). The molecule has 3 N–H and O–H groups in total.